The summed E-state index contributed by atoms with van der Waals surface area (Å²) in [6, 6.07) is 14.1. The number of aryl methyl sites for hydroxylation is 3. The van der Waals surface area contributed by atoms with E-state index in [-0.39, 0.29) is 6.61 Å². The summed E-state index contributed by atoms with van der Waals surface area (Å²) < 4.78 is 7.97. The monoisotopic (exact) mass is 324 g/mol. The molecule has 0 spiro atoms. The van der Waals surface area contributed by atoms with Crippen molar-refractivity contribution in [2.24, 2.45) is 0 Å². The molecule has 1 aromatic heterocycles. The van der Waals surface area contributed by atoms with Crippen molar-refractivity contribution >= 4 is 11.0 Å². The minimum absolute atomic E-state index is 0.265. The Morgan fingerprint density at radius 1 is 1.08 bits per heavy atom. The standard InChI is InChI=1S/C20H24N2O2/c1-4-19-21-17-10-5-6-11-18(17)22(19)12-16(23)13-24-20-14(2)8-7-9-15(20)3/h5-11,16,23H,4,12-13H2,1-3H3/t16-/m0/s1. The quantitative estimate of drug-likeness (QED) is 0.753. The molecule has 4 heteroatoms. The van der Waals surface area contributed by atoms with Gasteiger partial charge in [0.15, 0.2) is 0 Å². The van der Waals surface area contributed by atoms with Crippen molar-refractivity contribution in [2.75, 3.05) is 6.61 Å². The van der Waals surface area contributed by atoms with Gasteiger partial charge in [-0.25, -0.2) is 4.98 Å². The van der Waals surface area contributed by atoms with Crippen LogP contribution < -0.4 is 4.74 Å². The van der Waals surface area contributed by atoms with Crippen molar-refractivity contribution in [3.8, 4) is 5.75 Å². The third-order valence-corrected chi connectivity index (χ3v) is 4.27. The molecule has 0 saturated heterocycles. The van der Waals surface area contributed by atoms with Crippen molar-refractivity contribution in [1.29, 1.82) is 0 Å². The summed E-state index contributed by atoms with van der Waals surface area (Å²) in [5.41, 5.74) is 4.20. The van der Waals surface area contributed by atoms with E-state index in [1.54, 1.807) is 0 Å². The number of nitrogens with zero attached hydrogens (tertiary/aromatic N) is 2. The highest BCUT2D eigenvalue weighted by molar-refractivity contribution is 5.75. The topological polar surface area (TPSA) is 47.3 Å². The number of rotatable bonds is 6. The van der Waals surface area contributed by atoms with Gasteiger partial charge in [0, 0.05) is 6.42 Å². The van der Waals surface area contributed by atoms with Gasteiger partial charge in [0.1, 0.15) is 24.3 Å². The van der Waals surface area contributed by atoms with Crippen molar-refractivity contribution in [3.63, 3.8) is 0 Å². The molecule has 0 saturated carbocycles. The molecule has 0 aliphatic heterocycles. The first-order chi connectivity index (χ1) is 11.6. The van der Waals surface area contributed by atoms with Crippen LogP contribution >= 0.6 is 0 Å². The normalized spacial score (nSPS) is 12.5. The molecule has 0 aliphatic rings. The zero-order chi connectivity index (χ0) is 17.1. The minimum Gasteiger partial charge on any atom is -0.490 e. The lowest BCUT2D eigenvalue weighted by Gasteiger charge is -2.17. The van der Waals surface area contributed by atoms with Crippen LogP contribution in [-0.4, -0.2) is 27.4 Å². The number of para-hydroxylation sites is 3. The zero-order valence-corrected chi connectivity index (χ0v) is 14.5. The highest BCUT2D eigenvalue weighted by Crippen LogP contribution is 2.23. The van der Waals surface area contributed by atoms with Crippen LogP contribution in [0.25, 0.3) is 11.0 Å². The van der Waals surface area contributed by atoms with Gasteiger partial charge in [-0.05, 0) is 37.1 Å². The van der Waals surface area contributed by atoms with E-state index in [9.17, 15) is 5.11 Å². The number of aliphatic hydroxyl groups excluding tert-OH is 1. The Morgan fingerprint density at radius 2 is 1.79 bits per heavy atom. The lowest BCUT2D eigenvalue weighted by molar-refractivity contribution is 0.0921. The number of benzene rings is 2. The first-order valence-electron chi connectivity index (χ1n) is 8.41. The molecule has 0 unspecified atom stereocenters. The fourth-order valence-electron chi connectivity index (χ4n) is 3.07. The van der Waals surface area contributed by atoms with E-state index in [0.29, 0.717) is 6.54 Å². The number of imidazole rings is 1. The SMILES string of the molecule is CCc1nc2ccccc2n1C[C@H](O)COc1c(C)cccc1C. The molecule has 126 valence electrons. The maximum absolute atomic E-state index is 10.5. The predicted octanol–water partition coefficient (Wildman–Crippen LogP) is 3.66. The van der Waals surface area contributed by atoms with E-state index < -0.39 is 6.10 Å². The number of ether oxygens (including phenoxy) is 1. The second kappa shape index (κ2) is 7.05. The number of hydrogen-bond acceptors (Lipinski definition) is 3. The fraction of sp³-hybridized carbons (Fsp3) is 0.350. The molecular weight excluding hydrogens is 300 g/mol. The van der Waals surface area contributed by atoms with Crippen molar-refractivity contribution < 1.29 is 9.84 Å². The number of aromatic nitrogens is 2. The molecule has 0 bridgehead atoms. The Hall–Kier alpha value is -2.33. The molecule has 0 amide bonds. The van der Waals surface area contributed by atoms with Gasteiger partial charge in [0.05, 0.1) is 17.6 Å². The molecule has 1 N–H and O–H groups in total. The van der Waals surface area contributed by atoms with E-state index in [1.807, 2.05) is 56.3 Å². The third kappa shape index (κ3) is 3.29. The molecule has 2 aromatic carbocycles. The summed E-state index contributed by atoms with van der Waals surface area (Å²) in [5, 5.41) is 10.5. The Bertz CT molecular complexity index is 819. The molecule has 3 rings (SSSR count). The van der Waals surface area contributed by atoms with E-state index in [4.69, 9.17) is 4.74 Å². The molecular formula is C20H24N2O2. The molecule has 4 nitrogen and oxygen atoms in total. The Morgan fingerprint density at radius 3 is 2.50 bits per heavy atom. The first kappa shape index (κ1) is 16.5. The zero-order valence-electron chi connectivity index (χ0n) is 14.5. The van der Waals surface area contributed by atoms with Gasteiger partial charge in [-0.3, -0.25) is 0 Å². The maximum atomic E-state index is 10.5. The van der Waals surface area contributed by atoms with Crippen LogP contribution in [0.4, 0.5) is 0 Å². The van der Waals surface area contributed by atoms with E-state index >= 15 is 0 Å². The largest absolute Gasteiger partial charge is 0.490 e. The smallest absolute Gasteiger partial charge is 0.125 e. The average molecular weight is 324 g/mol. The van der Waals surface area contributed by atoms with Gasteiger partial charge in [-0.1, -0.05) is 37.3 Å². The number of fused-ring (bicyclic) bond motifs is 1. The van der Waals surface area contributed by atoms with Gasteiger partial charge in [0.25, 0.3) is 0 Å². The summed E-state index contributed by atoms with van der Waals surface area (Å²) in [6.45, 7) is 6.87. The summed E-state index contributed by atoms with van der Waals surface area (Å²) in [5.74, 6) is 1.85. The van der Waals surface area contributed by atoms with Gasteiger partial charge < -0.3 is 14.4 Å². The molecule has 0 aliphatic carbocycles. The molecule has 0 fully saturated rings. The van der Waals surface area contributed by atoms with Crippen LogP contribution in [0, 0.1) is 13.8 Å². The van der Waals surface area contributed by atoms with Gasteiger partial charge in [-0.2, -0.15) is 0 Å². The van der Waals surface area contributed by atoms with Crippen LogP contribution in [-0.2, 0) is 13.0 Å². The average Bonchev–Trinajstić information content (AvgIpc) is 2.92. The van der Waals surface area contributed by atoms with Gasteiger partial charge >= 0.3 is 0 Å². The molecule has 0 radical (unpaired) electrons. The number of hydrogen-bond donors (Lipinski definition) is 1. The van der Waals surface area contributed by atoms with Gasteiger partial charge in [0.2, 0.25) is 0 Å². The van der Waals surface area contributed by atoms with E-state index in [1.165, 1.54) is 0 Å². The molecule has 1 heterocycles. The second-order valence-electron chi connectivity index (χ2n) is 6.17. The van der Waals surface area contributed by atoms with Crippen molar-refractivity contribution in [1.82, 2.24) is 9.55 Å². The van der Waals surface area contributed by atoms with Crippen LogP contribution in [0.15, 0.2) is 42.5 Å². The lowest BCUT2D eigenvalue weighted by atomic mass is 10.1. The molecule has 3 aromatic rings. The second-order valence-corrected chi connectivity index (χ2v) is 6.17. The minimum atomic E-state index is -0.591. The lowest BCUT2D eigenvalue weighted by Crippen LogP contribution is -2.25. The summed E-state index contributed by atoms with van der Waals surface area (Å²) in [6.07, 6.45) is 0.242. The Kier molecular flexibility index (Phi) is 4.86. The maximum Gasteiger partial charge on any atom is 0.125 e. The Labute approximate surface area is 142 Å². The molecule has 1 atom stereocenters. The highest BCUT2D eigenvalue weighted by Gasteiger charge is 2.14. The number of aliphatic hydroxyl groups is 1. The van der Waals surface area contributed by atoms with Crippen LogP contribution in [0.2, 0.25) is 0 Å². The third-order valence-electron chi connectivity index (χ3n) is 4.27. The highest BCUT2D eigenvalue weighted by atomic mass is 16.5. The Balaban J connectivity index is 1.74. The van der Waals surface area contributed by atoms with Crippen LogP contribution in [0.1, 0.15) is 23.9 Å². The summed E-state index contributed by atoms with van der Waals surface area (Å²) >= 11 is 0. The molecule has 24 heavy (non-hydrogen) atoms. The predicted molar refractivity (Wildman–Crippen MR) is 96.5 cm³/mol. The van der Waals surface area contributed by atoms with Crippen LogP contribution in [0.5, 0.6) is 5.75 Å². The summed E-state index contributed by atoms with van der Waals surface area (Å²) in [7, 11) is 0. The van der Waals surface area contributed by atoms with E-state index in [0.717, 1.165) is 40.2 Å². The van der Waals surface area contributed by atoms with Gasteiger partial charge in [-0.15, -0.1) is 0 Å². The van der Waals surface area contributed by atoms with E-state index in [2.05, 4.69) is 16.5 Å². The van der Waals surface area contributed by atoms with Crippen molar-refractivity contribution in [2.45, 2.75) is 39.8 Å². The first-order valence-corrected chi connectivity index (χ1v) is 8.41. The summed E-state index contributed by atoms with van der Waals surface area (Å²) in [4.78, 5) is 4.64. The fourth-order valence-corrected chi connectivity index (χ4v) is 3.07. The van der Waals surface area contributed by atoms with Crippen molar-refractivity contribution in [3.05, 3.63) is 59.4 Å². The van der Waals surface area contributed by atoms with Crippen LogP contribution in [0.3, 0.4) is 0 Å².